The third kappa shape index (κ3) is 43.9. The number of aliphatic hydroxyl groups is 1. The maximum atomic E-state index is 11.3. The Hall–Kier alpha value is -0.0361. The van der Waals surface area contributed by atoms with Crippen LogP contribution >= 0.6 is 0 Å². The maximum absolute atomic E-state index is 11.3. The first kappa shape index (κ1) is 36.8. The molecule has 0 unspecified atom stereocenters. The molecular formula is C19H44N3O3Y-. The summed E-state index contributed by atoms with van der Waals surface area (Å²) in [6, 6.07) is 0.434. The molecule has 1 saturated heterocycles. The van der Waals surface area contributed by atoms with Crippen LogP contribution in [0.3, 0.4) is 0 Å². The Bertz CT molecular complexity index is 287. The second-order valence-corrected chi connectivity index (χ2v) is 7.09. The number of carbonyl (C=O) groups excluding carboxylic acids is 2. The number of hydrogen-bond acceptors (Lipinski definition) is 3. The smallest absolute Gasteiger partial charge is 0.204 e. The van der Waals surface area contributed by atoms with Gasteiger partial charge in [-0.05, 0) is 46.5 Å². The third-order valence-corrected chi connectivity index (χ3v) is 2.17. The molecule has 0 aromatic rings. The van der Waals surface area contributed by atoms with E-state index in [1.165, 1.54) is 0 Å². The molecule has 0 aromatic carbocycles. The van der Waals surface area contributed by atoms with Crippen LogP contribution in [-0.4, -0.2) is 54.1 Å². The van der Waals surface area contributed by atoms with E-state index in [4.69, 9.17) is 9.90 Å². The molecule has 1 aliphatic rings. The van der Waals surface area contributed by atoms with Crippen LogP contribution in [0.2, 0.25) is 0 Å². The van der Waals surface area contributed by atoms with Gasteiger partial charge in [-0.1, -0.05) is 41.2 Å². The van der Waals surface area contributed by atoms with Crippen molar-refractivity contribution < 1.29 is 47.4 Å². The van der Waals surface area contributed by atoms with Crippen molar-refractivity contribution in [3.8, 4) is 0 Å². The van der Waals surface area contributed by atoms with Gasteiger partial charge in [-0.25, -0.2) is 0 Å². The number of likely N-dealkylation sites (tertiary alicyclic amines) is 1. The average molecular weight is 451 g/mol. The topological polar surface area (TPSA) is 97.7 Å². The Balaban J connectivity index is -0.0000000832. The Morgan fingerprint density at radius 3 is 1.81 bits per heavy atom. The van der Waals surface area contributed by atoms with Crippen molar-refractivity contribution in [2.45, 2.75) is 86.8 Å². The van der Waals surface area contributed by atoms with Crippen molar-refractivity contribution in [1.29, 1.82) is 0 Å². The molecule has 1 fully saturated rings. The molecular weight excluding hydrogens is 407 g/mol. The van der Waals surface area contributed by atoms with Crippen LogP contribution in [0.1, 0.15) is 75.2 Å². The quantitative estimate of drug-likeness (QED) is 0.628. The second-order valence-electron chi connectivity index (χ2n) is 7.09. The summed E-state index contributed by atoms with van der Waals surface area (Å²) < 4.78 is 0. The van der Waals surface area contributed by atoms with Crippen molar-refractivity contribution in [2.24, 2.45) is 11.7 Å². The molecule has 0 saturated carbocycles. The summed E-state index contributed by atoms with van der Waals surface area (Å²) in [7, 11) is 1.68. The summed E-state index contributed by atoms with van der Waals surface area (Å²) in [6.45, 7) is 19.1. The van der Waals surface area contributed by atoms with Crippen LogP contribution in [0.15, 0.2) is 0 Å². The first-order valence-corrected chi connectivity index (χ1v) is 9.13. The number of likely N-dealkylation sites (N-methyl/N-ethyl adjacent to an activating group) is 1. The Labute approximate surface area is 187 Å². The maximum Gasteiger partial charge on any atom is 0.204 e. The van der Waals surface area contributed by atoms with Crippen molar-refractivity contribution >= 4 is 12.3 Å². The molecule has 1 rings (SSSR count). The molecule has 2 amide bonds. The van der Waals surface area contributed by atoms with Gasteiger partial charge in [-0.15, -0.1) is 0 Å². The molecule has 0 aliphatic carbocycles. The number of hydrogen-bond donors (Lipinski definition) is 2. The minimum absolute atomic E-state index is 0. The molecule has 1 heterocycles. The first-order chi connectivity index (χ1) is 11.4. The Kier molecular flexibility index (Phi) is 35.4. The average Bonchev–Trinajstić information content (AvgIpc) is 2.86. The summed E-state index contributed by atoms with van der Waals surface area (Å²) in [5.74, 6) is 1.01. The third-order valence-electron chi connectivity index (χ3n) is 2.17. The van der Waals surface area contributed by atoms with Gasteiger partial charge in [0.25, 0.3) is 0 Å². The van der Waals surface area contributed by atoms with Gasteiger partial charge in [0.15, 0.2) is 0 Å². The van der Waals surface area contributed by atoms with Gasteiger partial charge < -0.3 is 21.1 Å². The summed E-state index contributed by atoms with van der Waals surface area (Å²) in [5, 5.41) is 12.3. The molecule has 0 aromatic heterocycles. The number of carbonyl (C=O) groups is 2. The summed E-state index contributed by atoms with van der Waals surface area (Å²) >= 11 is 0. The van der Waals surface area contributed by atoms with E-state index < -0.39 is 5.60 Å². The fraction of sp³-hybridized carbons (Fsp3) is 0.895. The van der Waals surface area contributed by atoms with Crippen LogP contribution in [0.25, 0.3) is 5.32 Å². The number of rotatable bonds is 2. The van der Waals surface area contributed by atoms with E-state index in [0.29, 0.717) is 12.6 Å². The van der Waals surface area contributed by atoms with E-state index in [9.17, 15) is 4.79 Å². The van der Waals surface area contributed by atoms with E-state index in [1.54, 1.807) is 27.8 Å². The molecule has 0 bridgehead atoms. The number of nitrogens with two attached hydrogens (primary N) is 1. The van der Waals surface area contributed by atoms with Crippen molar-refractivity contribution in [3.63, 3.8) is 0 Å². The molecule has 0 spiro atoms. The second kappa shape index (κ2) is 25.0. The van der Waals surface area contributed by atoms with Crippen LogP contribution in [0.5, 0.6) is 0 Å². The van der Waals surface area contributed by atoms with Gasteiger partial charge in [-0.3, -0.25) is 9.59 Å². The number of nitrogens with zero attached hydrogens (tertiary/aromatic N) is 2. The zero-order valence-electron chi connectivity index (χ0n) is 18.9. The fourth-order valence-electron chi connectivity index (χ4n) is 1.53. The Morgan fingerprint density at radius 2 is 1.62 bits per heavy atom. The minimum Gasteiger partial charge on any atom is -0.657 e. The van der Waals surface area contributed by atoms with Gasteiger partial charge in [0.2, 0.25) is 12.3 Å². The van der Waals surface area contributed by atoms with Gasteiger partial charge >= 0.3 is 0 Å². The van der Waals surface area contributed by atoms with E-state index >= 15 is 0 Å². The van der Waals surface area contributed by atoms with E-state index in [-0.39, 0.29) is 45.0 Å². The molecule has 7 heteroatoms. The van der Waals surface area contributed by atoms with Gasteiger partial charge in [0.1, 0.15) is 0 Å². The molecule has 157 valence electrons. The monoisotopic (exact) mass is 451 g/mol. The molecule has 1 aliphatic heterocycles. The molecule has 3 N–H and O–H groups in total. The molecule has 1 atom stereocenters. The van der Waals surface area contributed by atoms with Crippen molar-refractivity contribution in [2.75, 3.05) is 20.1 Å². The SMILES string of the molecule is CC.CC(C)(C)O.CC(C)C.C[N-]CC(=O)N1CCC[C@H]1C.NC=O.[Y]. The number of primary amides is 1. The van der Waals surface area contributed by atoms with Gasteiger partial charge in [0, 0.05) is 45.3 Å². The predicted octanol–water partition coefficient (Wildman–Crippen LogP) is 3.57. The number of amides is 2. The van der Waals surface area contributed by atoms with Crippen LogP contribution in [0, 0.1) is 5.92 Å². The summed E-state index contributed by atoms with van der Waals surface area (Å²) in [5.41, 5.74) is 3.67. The summed E-state index contributed by atoms with van der Waals surface area (Å²) in [4.78, 5) is 21.8. The summed E-state index contributed by atoms with van der Waals surface area (Å²) in [6.07, 6.45) is 2.55. The van der Waals surface area contributed by atoms with Crippen molar-refractivity contribution in [1.82, 2.24) is 4.90 Å². The van der Waals surface area contributed by atoms with E-state index in [2.05, 4.69) is 38.7 Å². The molecule has 1 radical (unpaired) electrons. The minimum atomic E-state index is -0.500. The standard InChI is InChI=1S/C8H15N2O.C4H10O.C4H10.C2H6.CH3NO.Y/c1-7-4-3-5-10(7)8(11)6-9-2;1-4(2,3)5;1-4(2)3;1-2;2-1-3;/h7H,3-6H2,1-2H3;5H,1-3H3;4H,1-3H3;1-2H3;1H,(H2,2,3);/q-1;;;;;/t7-;;;;;/m1...../s1. The van der Waals surface area contributed by atoms with Crippen LogP contribution < -0.4 is 5.73 Å². The van der Waals surface area contributed by atoms with E-state index in [1.807, 2.05) is 18.7 Å². The van der Waals surface area contributed by atoms with E-state index in [0.717, 1.165) is 25.3 Å². The zero-order chi connectivity index (χ0) is 21.1. The fourth-order valence-corrected chi connectivity index (χ4v) is 1.53. The Morgan fingerprint density at radius 1 is 1.31 bits per heavy atom. The largest absolute Gasteiger partial charge is 0.657 e. The van der Waals surface area contributed by atoms with Gasteiger partial charge in [-0.2, -0.15) is 7.05 Å². The normalized spacial score (nSPS) is 14.6. The van der Waals surface area contributed by atoms with Crippen molar-refractivity contribution in [3.05, 3.63) is 5.32 Å². The molecule has 26 heavy (non-hydrogen) atoms. The zero-order valence-corrected chi connectivity index (χ0v) is 21.7. The predicted molar refractivity (Wildman–Crippen MR) is 109 cm³/mol. The molecule has 6 nitrogen and oxygen atoms in total. The van der Waals surface area contributed by atoms with Gasteiger partial charge in [0.05, 0.1) is 5.60 Å². The first-order valence-electron chi connectivity index (χ1n) is 9.13. The van der Waals surface area contributed by atoms with Crippen LogP contribution in [0.4, 0.5) is 0 Å². The van der Waals surface area contributed by atoms with Crippen LogP contribution in [-0.2, 0) is 42.3 Å².